The van der Waals surface area contributed by atoms with Crippen LogP contribution in [0, 0.1) is 13.8 Å². The molecule has 0 radical (unpaired) electrons. The van der Waals surface area contributed by atoms with Crippen LogP contribution in [0.25, 0.3) is 5.78 Å². The number of aryl methyl sites for hydroxylation is 2. The van der Waals surface area contributed by atoms with Gasteiger partial charge in [0.05, 0.1) is 19.0 Å². The van der Waals surface area contributed by atoms with Crippen molar-refractivity contribution in [3.63, 3.8) is 0 Å². The molecule has 1 aliphatic rings. The monoisotopic (exact) mass is 336 g/mol. The predicted octanol–water partition coefficient (Wildman–Crippen LogP) is 3.34. The molecule has 2 aromatic heterocycles. The summed E-state index contributed by atoms with van der Waals surface area (Å²) in [5, 5.41) is 0. The normalized spacial score (nSPS) is 18.1. The molecule has 0 spiro atoms. The number of likely N-dealkylation sites (tertiary alicyclic amines) is 1. The molecule has 4 rings (SSSR count). The first-order valence-corrected chi connectivity index (χ1v) is 8.81. The Balaban J connectivity index is 1.54. The molecular formula is C20H24N4O. The van der Waals surface area contributed by atoms with Gasteiger partial charge < -0.3 is 4.74 Å². The first-order chi connectivity index (χ1) is 12.2. The second kappa shape index (κ2) is 6.48. The maximum atomic E-state index is 5.54. The van der Waals surface area contributed by atoms with Gasteiger partial charge in [-0.15, -0.1) is 0 Å². The van der Waals surface area contributed by atoms with E-state index in [-0.39, 0.29) is 0 Å². The van der Waals surface area contributed by atoms with Gasteiger partial charge in [0.15, 0.2) is 0 Å². The van der Waals surface area contributed by atoms with Gasteiger partial charge in [0.2, 0.25) is 5.78 Å². The third kappa shape index (κ3) is 3.00. The average molecular weight is 336 g/mol. The van der Waals surface area contributed by atoms with Crippen LogP contribution in [-0.4, -0.2) is 39.5 Å². The molecule has 0 amide bonds. The standard InChI is InChI=1S/C20H24N4O/c1-14-10-15(2)24-17(11-21-20(24)22-14)13-23-9-8-16(12-23)18-6-4-5-7-19(18)25-3/h4-7,10-11,16H,8-9,12-13H2,1-3H3. The third-order valence-corrected chi connectivity index (χ3v) is 5.10. The van der Waals surface area contributed by atoms with Gasteiger partial charge in [-0.1, -0.05) is 18.2 Å². The van der Waals surface area contributed by atoms with Crippen molar-refractivity contribution in [1.82, 2.24) is 19.3 Å². The van der Waals surface area contributed by atoms with Gasteiger partial charge in [0.25, 0.3) is 0 Å². The fourth-order valence-corrected chi connectivity index (χ4v) is 3.97. The van der Waals surface area contributed by atoms with Crippen LogP contribution in [0.15, 0.2) is 36.5 Å². The van der Waals surface area contributed by atoms with Crippen LogP contribution in [-0.2, 0) is 6.54 Å². The molecule has 5 heteroatoms. The predicted molar refractivity (Wildman–Crippen MR) is 98.1 cm³/mol. The highest BCUT2D eigenvalue weighted by atomic mass is 16.5. The number of nitrogens with zero attached hydrogens (tertiary/aromatic N) is 4. The minimum absolute atomic E-state index is 0.525. The number of hydrogen-bond donors (Lipinski definition) is 0. The van der Waals surface area contributed by atoms with E-state index in [0.29, 0.717) is 5.92 Å². The maximum Gasteiger partial charge on any atom is 0.234 e. The largest absolute Gasteiger partial charge is 0.496 e. The van der Waals surface area contributed by atoms with E-state index >= 15 is 0 Å². The Bertz CT molecular complexity index is 902. The van der Waals surface area contributed by atoms with Crippen LogP contribution in [0.4, 0.5) is 0 Å². The molecule has 25 heavy (non-hydrogen) atoms. The van der Waals surface area contributed by atoms with Crippen molar-refractivity contribution in [2.45, 2.75) is 32.7 Å². The molecule has 0 bridgehead atoms. The Morgan fingerprint density at radius 3 is 2.92 bits per heavy atom. The lowest BCUT2D eigenvalue weighted by Crippen LogP contribution is -2.21. The van der Waals surface area contributed by atoms with Gasteiger partial charge in [-0.3, -0.25) is 9.30 Å². The van der Waals surface area contributed by atoms with Crippen LogP contribution in [0.3, 0.4) is 0 Å². The van der Waals surface area contributed by atoms with Crippen molar-refractivity contribution >= 4 is 5.78 Å². The Morgan fingerprint density at radius 2 is 2.08 bits per heavy atom. The van der Waals surface area contributed by atoms with Crippen molar-refractivity contribution in [2.24, 2.45) is 0 Å². The molecule has 0 saturated carbocycles. The molecule has 3 heterocycles. The van der Waals surface area contributed by atoms with Gasteiger partial charge >= 0.3 is 0 Å². The van der Waals surface area contributed by atoms with Crippen molar-refractivity contribution in [3.05, 3.63) is 59.2 Å². The number of fused-ring (bicyclic) bond motifs is 1. The Hall–Kier alpha value is -2.40. The third-order valence-electron chi connectivity index (χ3n) is 5.10. The lowest BCUT2D eigenvalue weighted by atomic mass is 9.97. The molecule has 5 nitrogen and oxygen atoms in total. The molecule has 1 unspecified atom stereocenters. The summed E-state index contributed by atoms with van der Waals surface area (Å²) in [4.78, 5) is 11.5. The van der Waals surface area contributed by atoms with E-state index in [1.807, 2.05) is 19.2 Å². The first kappa shape index (κ1) is 16.1. The molecule has 130 valence electrons. The van der Waals surface area contributed by atoms with Crippen molar-refractivity contribution in [3.8, 4) is 5.75 Å². The summed E-state index contributed by atoms with van der Waals surface area (Å²) in [5.41, 5.74) is 4.73. The molecule has 1 fully saturated rings. The van der Waals surface area contributed by atoms with Crippen LogP contribution in [0.1, 0.15) is 35.0 Å². The van der Waals surface area contributed by atoms with E-state index in [2.05, 4.69) is 50.5 Å². The second-order valence-corrected chi connectivity index (χ2v) is 6.89. The quantitative estimate of drug-likeness (QED) is 0.733. The zero-order valence-corrected chi connectivity index (χ0v) is 15.1. The lowest BCUT2D eigenvalue weighted by Gasteiger charge is -2.17. The van der Waals surface area contributed by atoms with E-state index in [0.717, 1.165) is 43.3 Å². The summed E-state index contributed by atoms with van der Waals surface area (Å²) in [6.45, 7) is 7.17. The van der Waals surface area contributed by atoms with Crippen LogP contribution in [0.5, 0.6) is 5.75 Å². The topological polar surface area (TPSA) is 42.7 Å². The van der Waals surface area contributed by atoms with E-state index in [1.165, 1.54) is 17.0 Å². The average Bonchev–Trinajstić information content (AvgIpc) is 3.22. The number of methoxy groups -OCH3 is 1. The number of rotatable bonds is 4. The number of ether oxygens (including phenoxy) is 1. The number of aromatic nitrogens is 3. The number of para-hydroxylation sites is 1. The SMILES string of the molecule is COc1ccccc1C1CCN(Cc2cnc3nc(C)cc(C)n23)C1. The minimum Gasteiger partial charge on any atom is -0.496 e. The zero-order valence-electron chi connectivity index (χ0n) is 15.1. The highest BCUT2D eigenvalue weighted by Crippen LogP contribution is 2.33. The molecule has 3 aromatic rings. The fraction of sp³-hybridized carbons (Fsp3) is 0.400. The smallest absolute Gasteiger partial charge is 0.234 e. The Morgan fingerprint density at radius 1 is 1.24 bits per heavy atom. The van der Waals surface area contributed by atoms with Gasteiger partial charge in [-0.2, -0.15) is 0 Å². The number of hydrogen-bond acceptors (Lipinski definition) is 4. The molecule has 1 saturated heterocycles. The van der Waals surface area contributed by atoms with Gasteiger partial charge in [0, 0.05) is 30.4 Å². The zero-order chi connectivity index (χ0) is 17.4. The van der Waals surface area contributed by atoms with Gasteiger partial charge in [-0.25, -0.2) is 9.97 Å². The first-order valence-electron chi connectivity index (χ1n) is 8.81. The van der Waals surface area contributed by atoms with E-state index in [1.54, 1.807) is 7.11 Å². The number of imidazole rings is 1. The summed E-state index contributed by atoms with van der Waals surface area (Å²) < 4.78 is 7.71. The van der Waals surface area contributed by atoms with Gasteiger partial charge in [-0.05, 0) is 44.5 Å². The van der Waals surface area contributed by atoms with Crippen LogP contribution in [0.2, 0.25) is 0 Å². The van der Waals surface area contributed by atoms with Crippen LogP contribution < -0.4 is 4.74 Å². The summed E-state index contributed by atoms with van der Waals surface area (Å²) in [6, 6.07) is 10.5. The Labute approximate surface area is 148 Å². The van der Waals surface area contributed by atoms with Crippen molar-refractivity contribution < 1.29 is 4.74 Å². The van der Waals surface area contributed by atoms with Crippen molar-refractivity contribution in [2.75, 3.05) is 20.2 Å². The second-order valence-electron chi connectivity index (χ2n) is 6.89. The maximum absolute atomic E-state index is 5.54. The van der Waals surface area contributed by atoms with Crippen LogP contribution >= 0.6 is 0 Å². The molecule has 1 aliphatic heterocycles. The summed E-state index contributed by atoms with van der Waals surface area (Å²) >= 11 is 0. The fourth-order valence-electron chi connectivity index (χ4n) is 3.97. The lowest BCUT2D eigenvalue weighted by molar-refractivity contribution is 0.320. The summed E-state index contributed by atoms with van der Waals surface area (Å²) in [6.07, 6.45) is 3.12. The minimum atomic E-state index is 0.525. The Kier molecular flexibility index (Phi) is 4.17. The summed E-state index contributed by atoms with van der Waals surface area (Å²) in [5.74, 6) is 2.32. The molecule has 1 aromatic carbocycles. The molecule has 0 aliphatic carbocycles. The molecular weight excluding hydrogens is 312 g/mol. The molecule has 0 N–H and O–H groups in total. The number of benzene rings is 1. The summed E-state index contributed by atoms with van der Waals surface area (Å²) in [7, 11) is 1.75. The van der Waals surface area contributed by atoms with Gasteiger partial charge in [0.1, 0.15) is 5.75 Å². The van der Waals surface area contributed by atoms with E-state index < -0.39 is 0 Å². The highest BCUT2D eigenvalue weighted by molar-refractivity contribution is 5.38. The van der Waals surface area contributed by atoms with E-state index in [4.69, 9.17) is 4.74 Å². The molecule has 1 atom stereocenters. The van der Waals surface area contributed by atoms with Crippen molar-refractivity contribution in [1.29, 1.82) is 0 Å². The highest BCUT2D eigenvalue weighted by Gasteiger charge is 2.26. The van der Waals surface area contributed by atoms with E-state index in [9.17, 15) is 0 Å².